The van der Waals surface area contributed by atoms with Crippen LogP contribution in [-0.2, 0) is 0 Å². The number of hydrogen-bond acceptors (Lipinski definition) is 3. The number of aryl methyl sites for hydroxylation is 3. The summed E-state index contributed by atoms with van der Waals surface area (Å²) in [7, 11) is 0. The molecule has 0 unspecified atom stereocenters. The van der Waals surface area contributed by atoms with Crippen molar-refractivity contribution in [3.63, 3.8) is 0 Å². The molecule has 104 valence electrons. The Kier molecular flexibility index (Phi) is 3.26. The SMILES string of the molecule is Cc1cc(C(=O)c2ccc3nc(C)ccc3c2)cc(C)n1. The first-order valence-corrected chi connectivity index (χ1v) is 6.90. The number of hydrogen-bond donors (Lipinski definition) is 0. The highest BCUT2D eigenvalue weighted by molar-refractivity contribution is 6.10. The fraction of sp³-hybridized carbons (Fsp3) is 0.167. The Balaban J connectivity index is 2.07. The molecule has 0 aliphatic rings. The molecule has 0 radical (unpaired) electrons. The molecule has 21 heavy (non-hydrogen) atoms. The lowest BCUT2D eigenvalue weighted by atomic mass is 10.0. The number of aromatic nitrogens is 2. The van der Waals surface area contributed by atoms with Crippen LogP contribution >= 0.6 is 0 Å². The van der Waals surface area contributed by atoms with Crippen molar-refractivity contribution >= 4 is 16.7 Å². The zero-order valence-electron chi connectivity index (χ0n) is 12.3. The van der Waals surface area contributed by atoms with Crippen molar-refractivity contribution in [2.45, 2.75) is 20.8 Å². The quantitative estimate of drug-likeness (QED) is 0.669. The van der Waals surface area contributed by atoms with Crippen LogP contribution in [-0.4, -0.2) is 15.8 Å². The molecule has 0 atom stereocenters. The molecule has 0 N–H and O–H groups in total. The van der Waals surface area contributed by atoms with E-state index in [2.05, 4.69) is 9.97 Å². The number of pyridine rings is 2. The molecule has 0 aliphatic heterocycles. The van der Waals surface area contributed by atoms with Crippen LogP contribution in [0.3, 0.4) is 0 Å². The Labute approximate surface area is 123 Å². The largest absolute Gasteiger partial charge is 0.289 e. The second-order valence-electron chi connectivity index (χ2n) is 5.33. The molecule has 3 aromatic rings. The molecule has 3 nitrogen and oxygen atoms in total. The standard InChI is InChI=1S/C18H16N2O/c1-11-4-5-14-10-15(6-7-17(14)20-11)18(21)16-8-12(2)19-13(3)9-16/h4-10H,1-3H3. The monoisotopic (exact) mass is 276 g/mol. The van der Waals surface area contributed by atoms with Crippen molar-refractivity contribution in [3.05, 3.63) is 70.7 Å². The maximum atomic E-state index is 12.6. The first kappa shape index (κ1) is 13.4. The van der Waals surface area contributed by atoms with Crippen LogP contribution in [0.1, 0.15) is 33.0 Å². The van der Waals surface area contributed by atoms with Crippen LogP contribution in [0.25, 0.3) is 10.9 Å². The van der Waals surface area contributed by atoms with Gasteiger partial charge in [-0.05, 0) is 57.2 Å². The molecule has 2 aromatic heterocycles. The van der Waals surface area contributed by atoms with Gasteiger partial charge in [-0.25, -0.2) is 0 Å². The highest BCUT2D eigenvalue weighted by Crippen LogP contribution is 2.18. The molecule has 0 amide bonds. The van der Waals surface area contributed by atoms with Crippen molar-refractivity contribution in [1.82, 2.24) is 9.97 Å². The average molecular weight is 276 g/mol. The third-order valence-corrected chi connectivity index (χ3v) is 3.43. The third kappa shape index (κ3) is 2.68. The smallest absolute Gasteiger partial charge is 0.193 e. The molecule has 0 fully saturated rings. The Hall–Kier alpha value is -2.55. The summed E-state index contributed by atoms with van der Waals surface area (Å²) in [4.78, 5) is 21.4. The Morgan fingerprint density at radius 3 is 2.19 bits per heavy atom. The number of ketones is 1. The van der Waals surface area contributed by atoms with E-state index in [1.807, 2.05) is 63.2 Å². The minimum Gasteiger partial charge on any atom is -0.289 e. The third-order valence-electron chi connectivity index (χ3n) is 3.43. The predicted molar refractivity (Wildman–Crippen MR) is 83.6 cm³/mol. The van der Waals surface area contributed by atoms with Gasteiger partial charge in [0.25, 0.3) is 0 Å². The Morgan fingerprint density at radius 1 is 0.762 bits per heavy atom. The predicted octanol–water partition coefficient (Wildman–Crippen LogP) is 3.79. The van der Waals surface area contributed by atoms with Crippen molar-refractivity contribution in [2.24, 2.45) is 0 Å². The minimum atomic E-state index is 0.0195. The molecule has 1 aromatic carbocycles. The summed E-state index contributed by atoms with van der Waals surface area (Å²) in [5.41, 5.74) is 4.96. The van der Waals surface area contributed by atoms with Gasteiger partial charge in [-0.2, -0.15) is 0 Å². The van der Waals surface area contributed by atoms with Gasteiger partial charge in [0.05, 0.1) is 5.52 Å². The van der Waals surface area contributed by atoms with Crippen molar-refractivity contribution in [2.75, 3.05) is 0 Å². The van der Waals surface area contributed by atoms with E-state index in [1.54, 1.807) is 0 Å². The van der Waals surface area contributed by atoms with Gasteiger partial charge in [0.2, 0.25) is 0 Å². The van der Waals surface area contributed by atoms with Gasteiger partial charge in [-0.1, -0.05) is 6.07 Å². The summed E-state index contributed by atoms with van der Waals surface area (Å²) in [6.45, 7) is 5.76. The van der Waals surface area contributed by atoms with E-state index in [0.717, 1.165) is 28.0 Å². The van der Waals surface area contributed by atoms with E-state index in [4.69, 9.17) is 0 Å². The zero-order chi connectivity index (χ0) is 15.0. The van der Waals surface area contributed by atoms with E-state index in [0.29, 0.717) is 11.1 Å². The van der Waals surface area contributed by atoms with Gasteiger partial charge in [0.1, 0.15) is 0 Å². The van der Waals surface area contributed by atoms with E-state index >= 15 is 0 Å². The van der Waals surface area contributed by atoms with E-state index in [9.17, 15) is 4.79 Å². The number of benzene rings is 1. The molecule has 0 aliphatic carbocycles. The van der Waals surface area contributed by atoms with Gasteiger partial charge >= 0.3 is 0 Å². The Bertz CT molecular complexity index is 833. The first-order valence-electron chi connectivity index (χ1n) is 6.90. The van der Waals surface area contributed by atoms with Crippen LogP contribution in [0, 0.1) is 20.8 Å². The lowest BCUT2D eigenvalue weighted by Crippen LogP contribution is -2.03. The van der Waals surface area contributed by atoms with Crippen molar-refractivity contribution in [1.29, 1.82) is 0 Å². The number of nitrogens with zero attached hydrogens (tertiary/aromatic N) is 2. The number of carbonyl (C=O) groups is 1. The molecule has 0 bridgehead atoms. The van der Waals surface area contributed by atoms with Crippen LogP contribution < -0.4 is 0 Å². The number of rotatable bonds is 2. The first-order chi connectivity index (χ1) is 10.0. The van der Waals surface area contributed by atoms with Gasteiger partial charge in [-0.15, -0.1) is 0 Å². The van der Waals surface area contributed by atoms with Gasteiger partial charge in [0.15, 0.2) is 5.78 Å². The molecular weight excluding hydrogens is 260 g/mol. The van der Waals surface area contributed by atoms with Crippen LogP contribution in [0.15, 0.2) is 42.5 Å². The van der Waals surface area contributed by atoms with Gasteiger partial charge < -0.3 is 0 Å². The molecule has 0 saturated carbocycles. The highest BCUT2D eigenvalue weighted by Gasteiger charge is 2.11. The molecule has 3 rings (SSSR count). The van der Waals surface area contributed by atoms with E-state index < -0.39 is 0 Å². The molecule has 3 heteroatoms. The zero-order valence-corrected chi connectivity index (χ0v) is 12.3. The molecule has 2 heterocycles. The van der Waals surface area contributed by atoms with Gasteiger partial charge in [-0.3, -0.25) is 14.8 Å². The molecular formula is C18H16N2O. The van der Waals surface area contributed by atoms with Crippen LogP contribution in [0.4, 0.5) is 0 Å². The summed E-state index contributed by atoms with van der Waals surface area (Å²) in [5.74, 6) is 0.0195. The number of fused-ring (bicyclic) bond motifs is 1. The Morgan fingerprint density at radius 2 is 1.48 bits per heavy atom. The summed E-state index contributed by atoms with van der Waals surface area (Å²) < 4.78 is 0. The van der Waals surface area contributed by atoms with Crippen molar-refractivity contribution < 1.29 is 4.79 Å². The highest BCUT2D eigenvalue weighted by atomic mass is 16.1. The lowest BCUT2D eigenvalue weighted by molar-refractivity contribution is 0.103. The minimum absolute atomic E-state index is 0.0195. The van der Waals surface area contributed by atoms with Crippen LogP contribution in [0.5, 0.6) is 0 Å². The van der Waals surface area contributed by atoms with Gasteiger partial charge in [0, 0.05) is 33.6 Å². The number of carbonyl (C=O) groups excluding carboxylic acids is 1. The molecule has 0 saturated heterocycles. The maximum Gasteiger partial charge on any atom is 0.193 e. The normalized spacial score (nSPS) is 10.8. The van der Waals surface area contributed by atoms with Crippen molar-refractivity contribution in [3.8, 4) is 0 Å². The maximum absolute atomic E-state index is 12.6. The second kappa shape index (κ2) is 5.09. The van der Waals surface area contributed by atoms with E-state index in [-0.39, 0.29) is 5.78 Å². The lowest BCUT2D eigenvalue weighted by Gasteiger charge is -2.06. The summed E-state index contributed by atoms with van der Waals surface area (Å²) in [6, 6.07) is 13.2. The van der Waals surface area contributed by atoms with E-state index in [1.165, 1.54) is 0 Å². The molecule has 0 spiro atoms. The summed E-state index contributed by atoms with van der Waals surface area (Å²) in [5, 5.41) is 0.981. The summed E-state index contributed by atoms with van der Waals surface area (Å²) >= 11 is 0. The fourth-order valence-electron chi connectivity index (χ4n) is 2.50. The second-order valence-corrected chi connectivity index (χ2v) is 5.33. The topological polar surface area (TPSA) is 42.9 Å². The summed E-state index contributed by atoms with van der Waals surface area (Å²) in [6.07, 6.45) is 0. The fourth-order valence-corrected chi connectivity index (χ4v) is 2.50. The van der Waals surface area contributed by atoms with Crippen LogP contribution in [0.2, 0.25) is 0 Å². The average Bonchev–Trinajstić information content (AvgIpc) is 2.45.